The maximum Gasteiger partial charge on any atom is 0.238 e. The molecular weight excluding hydrogens is 509 g/mol. The lowest BCUT2D eigenvalue weighted by Crippen LogP contribution is -2.49. The standard InChI is InChI=1S/C25H22BrClFN3O2/c26-20-6-2-1-5-18(20)25(33)19-15-17(27)9-10-22(19)29-24(32)16-30-11-13-31(14-12-30)23-8-4-3-7-21(23)28/h1-10,15H,11-14,16H2,(H,29,32). The molecule has 3 aromatic carbocycles. The highest BCUT2D eigenvalue weighted by atomic mass is 79.9. The molecule has 0 saturated carbocycles. The van der Waals surface area contributed by atoms with Crippen molar-refractivity contribution in [2.75, 3.05) is 42.9 Å². The van der Waals surface area contributed by atoms with E-state index in [2.05, 4.69) is 21.2 Å². The molecule has 0 atom stereocenters. The third-order valence-corrected chi connectivity index (χ3v) is 6.48. The van der Waals surface area contributed by atoms with Gasteiger partial charge in [0, 0.05) is 46.8 Å². The minimum atomic E-state index is -0.242. The first-order valence-corrected chi connectivity index (χ1v) is 11.7. The number of rotatable bonds is 6. The zero-order valence-electron chi connectivity index (χ0n) is 17.7. The van der Waals surface area contributed by atoms with Gasteiger partial charge in [-0.2, -0.15) is 0 Å². The third kappa shape index (κ3) is 5.61. The number of nitrogens with one attached hydrogen (secondary N) is 1. The van der Waals surface area contributed by atoms with Gasteiger partial charge in [-0.15, -0.1) is 0 Å². The number of carbonyl (C=O) groups excluding carboxylic acids is 2. The summed E-state index contributed by atoms with van der Waals surface area (Å²) >= 11 is 9.54. The quantitative estimate of drug-likeness (QED) is 0.443. The number of halogens is 3. The van der Waals surface area contributed by atoms with Crippen LogP contribution in [0.4, 0.5) is 15.8 Å². The molecule has 1 fully saturated rings. The number of piperazine rings is 1. The summed E-state index contributed by atoms with van der Waals surface area (Å²) in [4.78, 5) is 29.9. The lowest BCUT2D eigenvalue weighted by Gasteiger charge is -2.35. The van der Waals surface area contributed by atoms with Crippen molar-refractivity contribution in [3.63, 3.8) is 0 Å². The topological polar surface area (TPSA) is 52.7 Å². The van der Waals surface area contributed by atoms with E-state index in [0.29, 0.717) is 58.2 Å². The van der Waals surface area contributed by atoms with Crippen molar-refractivity contribution in [1.29, 1.82) is 0 Å². The summed E-state index contributed by atoms with van der Waals surface area (Å²) in [5.74, 6) is -0.703. The van der Waals surface area contributed by atoms with Crippen LogP contribution in [-0.2, 0) is 4.79 Å². The normalized spacial score (nSPS) is 14.2. The summed E-state index contributed by atoms with van der Waals surface area (Å²) in [6.45, 7) is 2.69. The molecule has 170 valence electrons. The molecule has 0 spiro atoms. The van der Waals surface area contributed by atoms with Crippen LogP contribution in [0.2, 0.25) is 5.02 Å². The number of ketones is 1. The van der Waals surface area contributed by atoms with Crippen LogP contribution < -0.4 is 10.2 Å². The van der Waals surface area contributed by atoms with Crippen molar-refractivity contribution in [3.8, 4) is 0 Å². The van der Waals surface area contributed by atoms with Crippen molar-refractivity contribution < 1.29 is 14.0 Å². The highest BCUT2D eigenvalue weighted by Gasteiger charge is 2.22. The highest BCUT2D eigenvalue weighted by molar-refractivity contribution is 9.10. The molecule has 0 unspecified atom stereocenters. The molecule has 1 aliphatic heterocycles. The van der Waals surface area contributed by atoms with Crippen molar-refractivity contribution in [2.45, 2.75) is 0 Å². The highest BCUT2D eigenvalue weighted by Crippen LogP contribution is 2.27. The molecule has 1 saturated heterocycles. The van der Waals surface area contributed by atoms with Gasteiger partial charge < -0.3 is 10.2 Å². The minimum absolute atomic E-state index is 0.177. The molecule has 0 aliphatic carbocycles. The van der Waals surface area contributed by atoms with Crippen molar-refractivity contribution in [2.24, 2.45) is 0 Å². The second kappa shape index (κ2) is 10.5. The molecule has 0 bridgehead atoms. The van der Waals surface area contributed by atoms with Crippen LogP contribution in [0.15, 0.2) is 71.2 Å². The number of hydrogen-bond donors (Lipinski definition) is 1. The summed E-state index contributed by atoms with van der Waals surface area (Å²) in [5.41, 5.74) is 1.81. The van der Waals surface area contributed by atoms with Crippen LogP contribution in [0.1, 0.15) is 15.9 Å². The molecule has 8 heteroatoms. The van der Waals surface area contributed by atoms with Crippen molar-refractivity contribution in [1.82, 2.24) is 4.90 Å². The first-order valence-electron chi connectivity index (χ1n) is 10.5. The second-order valence-corrected chi connectivity index (χ2v) is 9.05. The Hall–Kier alpha value is -2.74. The molecular formula is C25H22BrClFN3O2. The molecule has 5 nitrogen and oxygen atoms in total. The van der Waals surface area contributed by atoms with Gasteiger partial charge in [0.15, 0.2) is 5.78 Å². The summed E-state index contributed by atoms with van der Waals surface area (Å²) in [6.07, 6.45) is 0. The van der Waals surface area contributed by atoms with E-state index in [-0.39, 0.29) is 24.1 Å². The number of nitrogens with zero attached hydrogens (tertiary/aromatic N) is 2. The summed E-state index contributed by atoms with van der Waals surface area (Å²) in [5, 5.41) is 3.27. The Bertz CT molecular complexity index is 1180. The fraction of sp³-hybridized carbons (Fsp3) is 0.200. The largest absolute Gasteiger partial charge is 0.367 e. The van der Waals surface area contributed by atoms with E-state index in [9.17, 15) is 14.0 Å². The summed E-state index contributed by atoms with van der Waals surface area (Å²) in [6, 6.07) is 18.7. The lowest BCUT2D eigenvalue weighted by molar-refractivity contribution is -0.117. The molecule has 1 heterocycles. The number of carbonyl (C=O) groups is 2. The molecule has 1 N–H and O–H groups in total. The molecule has 0 radical (unpaired) electrons. The van der Waals surface area contributed by atoms with Crippen LogP contribution in [0.25, 0.3) is 0 Å². The van der Waals surface area contributed by atoms with Gasteiger partial charge in [-0.3, -0.25) is 14.5 Å². The van der Waals surface area contributed by atoms with E-state index >= 15 is 0 Å². The molecule has 4 rings (SSSR count). The van der Waals surface area contributed by atoms with Crippen LogP contribution in [0, 0.1) is 5.82 Å². The van der Waals surface area contributed by atoms with Crippen molar-refractivity contribution >= 4 is 50.6 Å². The number of amides is 1. The fourth-order valence-electron chi connectivity index (χ4n) is 3.85. The van der Waals surface area contributed by atoms with Crippen molar-refractivity contribution in [3.05, 3.63) is 93.2 Å². The smallest absolute Gasteiger partial charge is 0.238 e. The van der Waals surface area contributed by atoms with Crippen LogP contribution in [0.3, 0.4) is 0 Å². The SMILES string of the molecule is O=C(CN1CCN(c2ccccc2F)CC1)Nc1ccc(Cl)cc1C(=O)c1ccccc1Br. The third-order valence-electron chi connectivity index (χ3n) is 5.55. The van der Waals surface area contributed by atoms with Gasteiger partial charge in [-0.05, 0) is 42.5 Å². The predicted octanol–water partition coefficient (Wildman–Crippen LogP) is 5.23. The molecule has 3 aromatic rings. The van der Waals surface area contributed by atoms with E-state index in [1.807, 2.05) is 21.9 Å². The van der Waals surface area contributed by atoms with Gasteiger partial charge in [0.2, 0.25) is 5.91 Å². The van der Waals surface area contributed by atoms with E-state index in [1.54, 1.807) is 48.5 Å². The average Bonchev–Trinajstić information content (AvgIpc) is 2.81. The number of para-hydroxylation sites is 1. The Morgan fingerprint density at radius 2 is 1.64 bits per heavy atom. The van der Waals surface area contributed by atoms with Crippen LogP contribution in [-0.4, -0.2) is 49.3 Å². The minimum Gasteiger partial charge on any atom is -0.367 e. The molecule has 0 aromatic heterocycles. The van der Waals surface area contributed by atoms with Gasteiger partial charge in [-0.25, -0.2) is 4.39 Å². The van der Waals surface area contributed by atoms with E-state index in [4.69, 9.17) is 11.6 Å². The first-order chi connectivity index (χ1) is 15.9. The number of anilines is 2. The van der Waals surface area contributed by atoms with Gasteiger partial charge >= 0.3 is 0 Å². The Morgan fingerprint density at radius 1 is 0.939 bits per heavy atom. The molecule has 1 amide bonds. The average molecular weight is 531 g/mol. The van der Waals surface area contributed by atoms with E-state index < -0.39 is 0 Å². The van der Waals surface area contributed by atoms with Crippen LogP contribution >= 0.6 is 27.5 Å². The monoisotopic (exact) mass is 529 g/mol. The zero-order chi connectivity index (χ0) is 23.4. The maximum atomic E-state index is 14.0. The van der Waals surface area contributed by atoms with Gasteiger partial charge in [-0.1, -0.05) is 51.8 Å². The van der Waals surface area contributed by atoms with Gasteiger partial charge in [0.1, 0.15) is 5.82 Å². The first kappa shape index (κ1) is 23.4. The Labute approximate surface area is 205 Å². The van der Waals surface area contributed by atoms with E-state index in [0.717, 1.165) is 0 Å². The summed E-state index contributed by atoms with van der Waals surface area (Å²) in [7, 11) is 0. The number of benzene rings is 3. The lowest BCUT2D eigenvalue weighted by atomic mass is 10.0. The molecule has 1 aliphatic rings. The van der Waals surface area contributed by atoms with Crippen LogP contribution in [0.5, 0.6) is 0 Å². The zero-order valence-corrected chi connectivity index (χ0v) is 20.1. The van der Waals surface area contributed by atoms with E-state index in [1.165, 1.54) is 6.07 Å². The Kier molecular flexibility index (Phi) is 7.42. The maximum absolute atomic E-state index is 14.0. The summed E-state index contributed by atoms with van der Waals surface area (Å²) < 4.78 is 14.7. The number of hydrogen-bond acceptors (Lipinski definition) is 4. The van der Waals surface area contributed by atoms with Gasteiger partial charge in [0.05, 0.1) is 17.9 Å². The Balaban J connectivity index is 1.41. The Morgan fingerprint density at radius 3 is 2.36 bits per heavy atom. The second-order valence-electron chi connectivity index (χ2n) is 7.76. The predicted molar refractivity (Wildman–Crippen MR) is 133 cm³/mol. The van der Waals surface area contributed by atoms with Gasteiger partial charge in [0.25, 0.3) is 0 Å². The fourth-order valence-corrected chi connectivity index (χ4v) is 4.49. The molecule has 33 heavy (non-hydrogen) atoms.